The molecule has 0 spiro atoms. The van der Waals surface area contributed by atoms with Crippen molar-refractivity contribution in [1.82, 2.24) is 10.3 Å². The Morgan fingerprint density at radius 1 is 1.71 bits per heavy atom. The normalized spacial score (nSPS) is 22.8. The lowest BCUT2D eigenvalue weighted by Crippen LogP contribution is -2.40. The van der Waals surface area contributed by atoms with Gasteiger partial charge in [-0.2, -0.15) is 5.10 Å². The topological polar surface area (TPSA) is 77.5 Å². The summed E-state index contributed by atoms with van der Waals surface area (Å²) in [6, 6.07) is 0. The third kappa shape index (κ3) is 2.22. The van der Waals surface area contributed by atoms with Crippen LogP contribution in [0, 0.1) is 5.41 Å². The van der Waals surface area contributed by atoms with Gasteiger partial charge in [0, 0.05) is 29.6 Å². The van der Waals surface area contributed by atoms with Gasteiger partial charge in [-0.1, -0.05) is 0 Å². The van der Waals surface area contributed by atoms with E-state index < -0.39 is 0 Å². The summed E-state index contributed by atoms with van der Waals surface area (Å²) in [4.78, 5) is 0. The van der Waals surface area contributed by atoms with Gasteiger partial charge in [0.2, 0.25) is 0 Å². The molecule has 5 heteroatoms. The van der Waals surface area contributed by atoms with Crippen LogP contribution in [0.1, 0.15) is 13.8 Å². The summed E-state index contributed by atoms with van der Waals surface area (Å²) < 4.78 is 0. The molecule has 0 saturated heterocycles. The van der Waals surface area contributed by atoms with E-state index >= 15 is 0 Å². The molecule has 2 heterocycles. The molecule has 5 nitrogen and oxygen atoms in total. The van der Waals surface area contributed by atoms with Crippen LogP contribution in [-0.2, 0) is 0 Å². The number of allylic oxidation sites excluding steroid dienone is 4. The number of nitrogens with one attached hydrogen (secondary N) is 2. The maximum atomic E-state index is 7.89. The molecule has 0 radical (unpaired) electrons. The Morgan fingerprint density at radius 3 is 3.12 bits per heavy atom. The molecule has 0 fully saturated rings. The Kier molecular flexibility index (Phi) is 2.99. The molecule has 0 saturated carbocycles. The Bertz CT molecular complexity index is 452. The number of likely N-dealkylation sites (N-methyl/N-ethyl adjacent to an activating group) is 1. The second-order valence-corrected chi connectivity index (χ2v) is 4.12. The van der Waals surface area contributed by atoms with Crippen molar-refractivity contribution in [3.8, 4) is 0 Å². The first-order valence-electron chi connectivity index (χ1n) is 5.63. The van der Waals surface area contributed by atoms with Crippen LogP contribution in [0.4, 0.5) is 0 Å². The van der Waals surface area contributed by atoms with Gasteiger partial charge in [0.1, 0.15) is 6.17 Å². The van der Waals surface area contributed by atoms with Crippen molar-refractivity contribution >= 4 is 11.9 Å². The highest BCUT2D eigenvalue weighted by atomic mass is 15.5. The summed E-state index contributed by atoms with van der Waals surface area (Å²) in [5.74, 6) is 0. The molecule has 17 heavy (non-hydrogen) atoms. The van der Waals surface area contributed by atoms with E-state index in [9.17, 15) is 0 Å². The fraction of sp³-hybridized carbons (Fsp3) is 0.333. The van der Waals surface area contributed by atoms with E-state index in [0.29, 0.717) is 11.4 Å². The Morgan fingerprint density at radius 2 is 2.47 bits per heavy atom. The predicted octanol–water partition coefficient (Wildman–Crippen LogP) is 0.930. The van der Waals surface area contributed by atoms with Crippen LogP contribution >= 0.6 is 0 Å². The lowest BCUT2D eigenvalue weighted by molar-refractivity contribution is 0.244. The van der Waals surface area contributed by atoms with Gasteiger partial charge in [-0.05, 0) is 26.0 Å². The molecule has 0 aromatic heterocycles. The molecule has 2 aliphatic rings. The molecule has 0 bridgehead atoms. The zero-order valence-electron chi connectivity index (χ0n) is 10.1. The highest BCUT2D eigenvalue weighted by Crippen LogP contribution is 2.20. The number of nitrogens with zero attached hydrogens (tertiary/aromatic N) is 2. The van der Waals surface area contributed by atoms with Crippen molar-refractivity contribution in [2.24, 2.45) is 10.8 Å². The molecule has 4 N–H and O–H groups in total. The number of hydrogen-bond donors (Lipinski definition) is 3. The van der Waals surface area contributed by atoms with Crippen LogP contribution in [0.5, 0.6) is 0 Å². The third-order valence-electron chi connectivity index (χ3n) is 2.69. The molecule has 1 unspecified atom stereocenters. The number of dihydropyridines is 1. The van der Waals surface area contributed by atoms with Crippen LogP contribution in [-0.4, -0.2) is 29.6 Å². The first-order valence-corrected chi connectivity index (χ1v) is 5.63. The minimum absolute atomic E-state index is 0.111. The van der Waals surface area contributed by atoms with E-state index in [-0.39, 0.29) is 6.17 Å². The van der Waals surface area contributed by atoms with Gasteiger partial charge in [-0.25, -0.2) is 0 Å². The number of hydrogen-bond acceptors (Lipinski definition) is 5. The van der Waals surface area contributed by atoms with Gasteiger partial charge in [0.25, 0.3) is 0 Å². The second kappa shape index (κ2) is 4.45. The average Bonchev–Trinajstić information content (AvgIpc) is 2.69. The van der Waals surface area contributed by atoms with E-state index in [4.69, 9.17) is 11.1 Å². The standard InChI is InChI=1S/C12H17N5/c1-3-17-12-10(7-16-17)5-9(6-15-12)11(14)4-8(2)13/h4-7,12,14-15H,3,13H2,1-2H3/b8-4+,14-11?. The fourth-order valence-corrected chi connectivity index (χ4v) is 1.87. The van der Waals surface area contributed by atoms with Crippen LogP contribution in [0.15, 0.2) is 40.3 Å². The third-order valence-corrected chi connectivity index (χ3v) is 2.69. The SMILES string of the molecule is CCN1N=CC2=CC(C(=N)/C=C(\C)N)=CNC21. The molecule has 1 atom stereocenters. The number of fused-ring (bicyclic) bond motifs is 1. The molecule has 2 aliphatic heterocycles. The van der Waals surface area contributed by atoms with Crippen LogP contribution < -0.4 is 11.1 Å². The largest absolute Gasteiger partial charge is 0.402 e. The molecular weight excluding hydrogens is 214 g/mol. The van der Waals surface area contributed by atoms with Crippen LogP contribution in [0.3, 0.4) is 0 Å². The molecule has 0 amide bonds. The monoisotopic (exact) mass is 231 g/mol. The molecule has 0 aromatic rings. The Balaban J connectivity index is 2.17. The molecule has 0 aliphatic carbocycles. The van der Waals surface area contributed by atoms with E-state index in [1.807, 2.05) is 23.5 Å². The summed E-state index contributed by atoms with van der Waals surface area (Å²) in [5.41, 5.74) is 8.51. The van der Waals surface area contributed by atoms with Crippen molar-refractivity contribution in [3.63, 3.8) is 0 Å². The summed E-state index contributed by atoms with van der Waals surface area (Å²) in [7, 11) is 0. The van der Waals surface area contributed by atoms with E-state index in [1.54, 1.807) is 13.0 Å². The smallest absolute Gasteiger partial charge is 0.143 e. The maximum absolute atomic E-state index is 7.89. The van der Waals surface area contributed by atoms with Gasteiger partial charge in [0.05, 0.1) is 11.9 Å². The molecule has 90 valence electrons. The molecular formula is C12H17N5. The fourth-order valence-electron chi connectivity index (χ4n) is 1.87. The van der Waals surface area contributed by atoms with Gasteiger partial charge in [-0.3, -0.25) is 5.01 Å². The number of nitrogens with two attached hydrogens (primary N) is 1. The van der Waals surface area contributed by atoms with Gasteiger partial charge in [-0.15, -0.1) is 0 Å². The van der Waals surface area contributed by atoms with E-state index in [2.05, 4.69) is 17.3 Å². The first kappa shape index (κ1) is 11.4. The van der Waals surface area contributed by atoms with Gasteiger partial charge < -0.3 is 16.5 Å². The summed E-state index contributed by atoms with van der Waals surface area (Å²) in [6.07, 6.45) is 7.41. The highest BCUT2D eigenvalue weighted by Gasteiger charge is 2.26. The summed E-state index contributed by atoms with van der Waals surface area (Å²) in [6.45, 7) is 4.69. The van der Waals surface area contributed by atoms with Gasteiger partial charge >= 0.3 is 0 Å². The highest BCUT2D eigenvalue weighted by molar-refractivity contribution is 6.09. The maximum Gasteiger partial charge on any atom is 0.143 e. The predicted molar refractivity (Wildman–Crippen MR) is 69.6 cm³/mol. The molecule has 2 rings (SSSR count). The van der Waals surface area contributed by atoms with Crippen molar-refractivity contribution < 1.29 is 0 Å². The van der Waals surface area contributed by atoms with Gasteiger partial charge in [0.15, 0.2) is 0 Å². The zero-order chi connectivity index (χ0) is 12.4. The first-order chi connectivity index (χ1) is 8.11. The van der Waals surface area contributed by atoms with Crippen LogP contribution in [0.25, 0.3) is 0 Å². The molecule has 0 aromatic carbocycles. The van der Waals surface area contributed by atoms with E-state index in [0.717, 1.165) is 17.7 Å². The summed E-state index contributed by atoms with van der Waals surface area (Å²) in [5, 5.41) is 17.4. The van der Waals surface area contributed by atoms with Crippen molar-refractivity contribution in [3.05, 3.63) is 35.2 Å². The zero-order valence-corrected chi connectivity index (χ0v) is 10.1. The minimum Gasteiger partial charge on any atom is -0.402 e. The number of hydrazone groups is 1. The quantitative estimate of drug-likeness (QED) is 0.632. The Hall–Kier alpha value is -2.04. The van der Waals surface area contributed by atoms with Crippen molar-refractivity contribution in [2.75, 3.05) is 6.54 Å². The van der Waals surface area contributed by atoms with E-state index in [1.165, 1.54) is 0 Å². The average molecular weight is 231 g/mol. The lowest BCUT2D eigenvalue weighted by atomic mass is 10.0. The number of rotatable bonds is 3. The second-order valence-electron chi connectivity index (χ2n) is 4.12. The van der Waals surface area contributed by atoms with Crippen molar-refractivity contribution in [2.45, 2.75) is 20.0 Å². The van der Waals surface area contributed by atoms with Crippen molar-refractivity contribution in [1.29, 1.82) is 5.41 Å². The lowest BCUT2D eigenvalue weighted by Gasteiger charge is -2.26. The Labute approximate surface area is 101 Å². The minimum atomic E-state index is 0.111. The van der Waals surface area contributed by atoms with Crippen LogP contribution in [0.2, 0.25) is 0 Å². The summed E-state index contributed by atoms with van der Waals surface area (Å²) >= 11 is 0.